The highest BCUT2D eigenvalue weighted by Gasteiger charge is 2.40. The molecule has 0 aromatic heterocycles. The zero-order chi connectivity index (χ0) is 19.0. The minimum atomic E-state index is -0.249. The van der Waals surface area contributed by atoms with E-state index in [0.29, 0.717) is 12.3 Å². The third kappa shape index (κ3) is 5.35. The summed E-state index contributed by atoms with van der Waals surface area (Å²) in [5.41, 5.74) is 0.528. The molecular formula is C22H33NO2S. The van der Waals surface area contributed by atoms with E-state index in [2.05, 4.69) is 19.2 Å². The lowest BCUT2D eigenvalue weighted by molar-refractivity contribution is -0.128. The van der Waals surface area contributed by atoms with Crippen LogP contribution in [0.5, 0.6) is 0 Å². The first kappa shape index (κ1) is 21.0. The van der Waals surface area contributed by atoms with Crippen LogP contribution in [0.1, 0.15) is 78.6 Å². The first-order valence-corrected chi connectivity index (χ1v) is 11.0. The fraction of sp³-hybridized carbons (Fsp3) is 0.636. The summed E-state index contributed by atoms with van der Waals surface area (Å²) in [6.07, 6.45) is 9.20. The van der Waals surface area contributed by atoms with E-state index in [9.17, 15) is 9.59 Å². The Hall–Kier alpha value is -1.29. The summed E-state index contributed by atoms with van der Waals surface area (Å²) in [4.78, 5) is 26.1. The van der Waals surface area contributed by atoms with Crippen LogP contribution in [0.4, 0.5) is 5.69 Å². The number of thioether (sulfide) groups is 1. The minimum Gasteiger partial charge on any atom is -0.325 e. The van der Waals surface area contributed by atoms with Crippen molar-refractivity contribution in [3.05, 3.63) is 24.3 Å². The van der Waals surface area contributed by atoms with Gasteiger partial charge in [0, 0.05) is 16.7 Å². The molecule has 0 unspecified atom stereocenters. The van der Waals surface area contributed by atoms with Gasteiger partial charge in [0.2, 0.25) is 5.91 Å². The van der Waals surface area contributed by atoms with Crippen LogP contribution in [0.3, 0.4) is 0 Å². The Morgan fingerprint density at radius 2 is 1.73 bits per heavy atom. The summed E-state index contributed by atoms with van der Waals surface area (Å²) in [5.74, 6) is 0.756. The van der Waals surface area contributed by atoms with Crippen molar-refractivity contribution in [1.82, 2.24) is 0 Å². The number of anilines is 1. The van der Waals surface area contributed by atoms with Crippen molar-refractivity contribution in [1.29, 1.82) is 0 Å². The number of carbonyl (C=O) groups excluding carboxylic acids is 2. The van der Waals surface area contributed by atoms with Gasteiger partial charge in [0.15, 0.2) is 5.12 Å². The van der Waals surface area contributed by atoms with E-state index in [1.54, 1.807) is 0 Å². The van der Waals surface area contributed by atoms with Crippen LogP contribution in [-0.2, 0) is 9.59 Å². The molecule has 3 nitrogen and oxygen atoms in total. The number of rotatable bonds is 8. The molecule has 2 rings (SSSR count). The standard InChI is InChI=1S/C22H33NO2S/c1-4-17(5-2)16-22(14-10-7-11-15-22)21(25)23-18-12-8-9-13-19(18)26-20(24)6-3/h8-9,12-13,17H,4-7,10-11,14-16H2,1-3H3,(H,23,25). The number of hydrogen-bond donors (Lipinski definition) is 1. The van der Waals surface area contributed by atoms with Crippen molar-refractivity contribution in [2.75, 3.05) is 5.32 Å². The van der Waals surface area contributed by atoms with Crippen LogP contribution >= 0.6 is 11.8 Å². The van der Waals surface area contributed by atoms with Gasteiger partial charge < -0.3 is 5.32 Å². The zero-order valence-corrected chi connectivity index (χ0v) is 17.3. The monoisotopic (exact) mass is 375 g/mol. The van der Waals surface area contributed by atoms with Crippen molar-refractivity contribution in [3.8, 4) is 0 Å². The van der Waals surface area contributed by atoms with E-state index in [-0.39, 0.29) is 16.4 Å². The minimum absolute atomic E-state index is 0.121. The quantitative estimate of drug-likeness (QED) is 0.532. The second-order valence-corrected chi connectivity index (χ2v) is 8.60. The van der Waals surface area contributed by atoms with Crippen molar-refractivity contribution >= 4 is 28.5 Å². The molecule has 1 aromatic carbocycles. The molecule has 1 N–H and O–H groups in total. The van der Waals surface area contributed by atoms with Gasteiger partial charge in [-0.25, -0.2) is 0 Å². The summed E-state index contributed by atoms with van der Waals surface area (Å²) < 4.78 is 0. The lowest BCUT2D eigenvalue weighted by Crippen LogP contribution is -2.39. The summed E-state index contributed by atoms with van der Waals surface area (Å²) >= 11 is 1.23. The number of hydrogen-bond acceptors (Lipinski definition) is 3. The molecule has 1 amide bonds. The van der Waals surface area contributed by atoms with E-state index in [0.717, 1.165) is 55.5 Å². The molecule has 0 heterocycles. The predicted molar refractivity (Wildman–Crippen MR) is 110 cm³/mol. The second kappa shape index (κ2) is 10.1. The van der Waals surface area contributed by atoms with Crippen LogP contribution < -0.4 is 5.32 Å². The fourth-order valence-corrected chi connectivity index (χ4v) is 4.76. The molecule has 1 saturated carbocycles. The van der Waals surface area contributed by atoms with Crippen molar-refractivity contribution in [2.24, 2.45) is 11.3 Å². The van der Waals surface area contributed by atoms with E-state index in [4.69, 9.17) is 0 Å². The molecule has 1 aliphatic rings. The van der Waals surface area contributed by atoms with Gasteiger partial charge in [0.05, 0.1) is 5.69 Å². The highest BCUT2D eigenvalue weighted by Crippen LogP contribution is 2.44. The molecule has 1 fully saturated rings. The number of benzene rings is 1. The average molecular weight is 376 g/mol. The first-order valence-electron chi connectivity index (χ1n) is 10.2. The molecular weight excluding hydrogens is 342 g/mol. The summed E-state index contributed by atoms with van der Waals surface area (Å²) in [7, 11) is 0. The van der Waals surface area contributed by atoms with Crippen LogP contribution in [0.25, 0.3) is 0 Å². The zero-order valence-electron chi connectivity index (χ0n) is 16.5. The van der Waals surface area contributed by atoms with Gasteiger partial charge >= 0.3 is 0 Å². The maximum atomic E-state index is 13.4. The molecule has 0 aliphatic heterocycles. The van der Waals surface area contributed by atoms with Crippen molar-refractivity contribution in [2.45, 2.75) is 83.5 Å². The number of amides is 1. The average Bonchev–Trinajstić information content (AvgIpc) is 2.68. The molecule has 0 bridgehead atoms. The Labute approximate surface area is 162 Å². The van der Waals surface area contributed by atoms with E-state index in [1.165, 1.54) is 18.2 Å². The van der Waals surface area contributed by atoms with Gasteiger partial charge in [0.25, 0.3) is 0 Å². The van der Waals surface area contributed by atoms with Crippen LogP contribution in [-0.4, -0.2) is 11.0 Å². The molecule has 0 saturated heterocycles. The van der Waals surface area contributed by atoms with Gasteiger partial charge in [-0.2, -0.15) is 0 Å². The summed E-state index contributed by atoms with van der Waals surface area (Å²) in [6.45, 7) is 6.32. The molecule has 0 atom stereocenters. The number of nitrogens with one attached hydrogen (secondary N) is 1. The largest absolute Gasteiger partial charge is 0.325 e. The molecule has 26 heavy (non-hydrogen) atoms. The van der Waals surface area contributed by atoms with Gasteiger partial charge in [-0.3, -0.25) is 9.59 Å². The Morgan fingerprint density at radius 1 is 1.08 bits per heavy atom. The van der Waals surface area contributed by atoms with Crippen LogP contribution in [0.2, 0.25) is 0 Å². The third-order valence-electron chi connectivity index (χ3n) is 5.77. The number of para-hydroxylation sites is 1. The highest BCUT2D eigenvalue weighted by atomic mass is 32.2. The molecule has 1 aromatic rings. The SMILES string of the molecule is CCC(=O)Sc1ccccc1NC(=O)C1(CC(CC)CC)CCCCC1. The van der Waals surface area contributed by atoms with Crippen LogP contribution in [0, 0.1) is 11.3 Å². The highest BCUT2D eigenvalue weighted by molar-refractivity contribution is 8.13. The lowest BCUT2D eigenvalue weighted by Gasteiger charge is -2.38. The summed E-state index contributed by atoms with van der Waals surface area (Å²) in [5, 5.41) is 3.31. The maximum absolute atomic E-state index is 13.4. The van der Waals surface area contributed by atoms with E-state index >= 15 is 0 Å². The number of carbonyl (C=O) groups is 2. The van der Waals surface area contributed by atoms with E-state index in [1.807, 2.05) is 31.2 Å². The normalized spacial score (nSPS) is 16.5. The molecule has 0 radical (unpaired) electrons. The van der Waals surface area contributed by atoms with Crippen LogP contribution in [0.15, 0.2) is 29.2 Å². The van der Waals surface area contributed by atoms with Crippen molar-refractivity contribution in [3.63, 3.8) is 0 Å². The van der Waals surface area contributed by atoms with E-state index < -0.39 is 0 Å². The Morgan fingerprint density at radius 3 is 2.35 bits per heavy atom. The van der Waals surface area contributed by atoms with Gasteiger partial charge in [-0.05, 0) is 49.1 Å². The maximum Gasteiger partial charge on any atom is 0.230 e. The molecule has 0 spiro atoms. The smallest absolute Gasteiger partial charge is 0.230 e. The Bertz CT molecular complexity index is 604. The molecule has 144 valence electrons. The third-order valence-corrected chi connectivity index (χ3v) is 6.87. The summed E-state index contributed by atoms with van der Waals surface area (Å²) in [6, 6.07) is 7.67. The predicted octanol–water partition coefficient (Wildman–Crippen LogP) is 6.43. The van der Waals surface area contributed by atoms with Gasteiger partial charge in [0.1, 0.15) is 0 Å². The van der Waals surface area contributed by atoms with Gasteiger partial charge in [-0.15, -0.1) is 0 Å². The molecule has 4 heteroatoms. The van der Waals surface area contributed by atoms with Gasteiger partial charge in [-0.1, -0.05) is 65.0 Å². The lowest BCUT2D eigenvalue weighted by atomic mass is 9.67. The second-order valence-electron chi connectivity index (χ2n) is 7.51. The topological polar surface area (TPSA) is 46.2 Å². The molecule has 1 aliphatic carbocycles. The fourth-order valence-electron chi connectivity index (χ4n) is 3.99. The Balaban J connectivity index is 2.20. The Kier molecular flexibility index (Phi) is 8.20. The first-order chi connectivity index (χ1) is 12.5. The van der Waals surface area contributed by atoms with Crippen molar-refractivity contribution < 1.29 is 9.59 Å².